The molecule has 4 nitrogen and oxygen atoms in total. The number of nitrogens with one attached hydrogen (secondary N) is 1. The highest BCUT2D eigenvalue weighted by Crippen LogP contribution is 2.33. The monoisotopic (exact) mass is 286 g/mol. The second-order valence-electron chi connectivity index (χ2n) is 4.88. The molecular formula is C13H17F3N4. The normalized spacial score (nSPS) is 19.4. The third kappa shape index (κ3) is 2.71. The number of hydrogen-bond acceptors (Lipinski definition) is 3. The lowest BCUT2D eigenvalue weighted by atomic mass is 10.1. The first kappa shape index (κ1) is 14.6. The molecule has 0 aliphatic carbocycles. The molecule has 0 radical (unpaired) electrons. The van der Waals surface area contributed by atoms with Crippen molar-refractivity contribution in [2.24, 2.45) is 5.73 Å². The van der Waals surface area contributed by atoms with E-state index in [0.29, 0.717) is 6.54 Å². The summed E-state index contributed by atoms with van der Waals surface area (Å²) in [5.41, 5.74) is 4.78. The molecule has 0 spiro atoms. The van der Waals surface area contributed by atoms with Crippen molar-refractivity contribution in [1.29, 1.82) is 5.41 Å². The van der Waals surface area contributed by atoms with Crippen LogP contribution in [0.2, 0.25) is 0 Å². The molecule has 1 fully saturated rings. The van der Waals surface area contributed by atoms with Crippen molar-refractivity contribution in [3.05, 3.63) is 23.4 Å². The van der Waals surface area contributed by atoms with Gasteiger partial charge in [0, 0.05) is 12.6 Å². The number of aromatic nitrogens is 1. The minimum atomic E-state index is -4.49. The van der Waals surface area contributed by atoms with Crippen molar-refractivity contribution in [2.75, 3.05) is 11.4 Å². The first-order chi connectivity index (χ1) is 9.34. The molecule has 20 heavy (non-hydrogen) atoms. The minimum absolute atomic E-state index is 0.157. The lowest BCUT2D eigenvalue weighted by Gasteiger charge is -2.27. The predicted molar refractivity (Wildman–Crippen MR) is 70.9 cm³/mol. The maximum atomic E-state index is 12.8. The highest BCUT2D eigenvalue weighted by atomic mass is 19.4. The van der Waals surface area contributed by atoms with Crippen LogP contribution in [0.3, 0.4) is 0 Å². The highest BCUT2D eigenvalue weighted by Gasteiger charge is 2.35. The molecule has 3 N–H and O–H groups in total. The molecular weight excluding hydrogens is 269 g/mol. The van der Waals surface area contributed by atoms with E-state index in [4.69, 9.17) is 11.1 Å². The molecule has 1 aliphatic rings. The second-order valence-corrected chi connectivity index (χ2v) is 4.88. The molecule has 0 bridgehead atoms. The Hall–Kier alpha value is -1.79. The quantitative estimate of drug-likeness (QED) is 0.663. The standard InChI is InChI=1S/C13H17F3N4/c1-2-8-4-3-7-20(8)12-9(11(17)18)5-6-10(19-12)13(14,15)16/h5-6,8H,2-4,7H2,1H3,(H3,17,18). The van der Waals surface area contributed by atoms with Crippen molar-refractivity contribution >= 4 is 11.7 Å². The Balaban J connectivity index is 2.50. The number of nitrogens with two attached hydrogens (primary N) is 1. The molecule has 1 saturated heterocycles. The van der Waals surface area contributed by atoms with Gasteiger partial charge in [0.15, 0.2) is 0 Å². The Morgan fingerprint density at radius 3 is 2.75 bits per heavy atom. The topological polar surface area (TPSA) is 66.0 Å². The number of anilines is 1. The van der Waals surface area contributed by atoms with Gasteiger partial charge in [-0.2, -0.15) is 13.2 Å². The van der Waals surface area contributed by atoms with Gasteiger partial charge in [-0.1, -0.05) is 6.92 Å². The predicted octanol–water partition coefficient (Wildman–Crippen LogP) is 2.76. The molecule has 0 aromatic carbocycles. The van der Waals surface area contributed by atoms with E-state index in [1.807, 2.05) is 11.8 Å². The fraction of sp³-hybridized carbons (Fsp3) is 0.538. The smallest absolute Gasteiger partial charge is 0.384 e. The lowest BCUT2D eigenvalue weighted by Crippen LogP contribution is -2.32. The van der Waals surface area contributed by atoms with Gasteiger partial charge in [-0.15, -0.1) is 0 Å². The highest BCUT2D eigenvalue weighted by molar-refractivity contribution is 5.99. The summed E-state index contributed by atoms with van der Waals surface area (Å²) < 4.78 is 38.4. The van der Waals surface area contributed by atoms with Crippen LogP contribution >= 0.6 is 0 Å². The Morgan fingerprint density at radius 2 is 2.20 bits per heavy atom. The van der Waals surface area contributed by atoms with Gasteiger partial charge in [-0.05, 0) is 31.4 Å². The molecule has 1 unspecified atom stereocenters. The molecule has 7 heteroatoms. The Bertz CT molecular complexity index is 513. The van der Waals surface area contributed by atoms with E-state index in [1.54, 1.807) is 0 Å². The second kappa shape index (κ2) is 5.30. The van der Waals surface area contributed by atoms with Crippen LogP contribution in [-0.4, -0.2) is 23.4 Å². The first-order valence-electron chi connectivity index (χ1n) is 6.54. The molecule has 1 aliphatic heterocycles. The van der Waals surface area contributed by atoms with Crippen molar-refractivity contribution < 1.29 is 13.2 Å². The number of amidine groups is 1. The van der Waals surface area contributed by atoms with Crippen LogP contribution < -0.4 is 10.6 Å². The van der Waals surface area contributed by atoms with Crippen LogP contribution in [0.1, 0.15) is 37.4 Å². The minimum Gasteiger partial charge on any atom is -0.384 e. The van der Waals surface area contributed by atoms with Crippen LogP contribution in [0.25, 0.3) is 0 Å². The van der Waals surface area contributed by atoms with Crippen molar-refractivity contribution in [3.8, 4) is 0 Å². The van der Waals surface area contributed by atoms with Crippen molar-refractivity contribution in [2.45, 2.75) is 38.4 Å². The lowest BCUT2D eigenvalue weighted by molar-refractivity contribution is -0.141. The number of halogens is 3. The number of nitrogens with zero attached hydrogens (tertiary/aromatic N) is 2. The summed E-state index contributed by atoms with van der Waals surface area (Å²) in [6.07, 6.45) is -1.83. The van der Waals surface area contributed by atoms with Crippen LogP contribution in [-0.2, 0) is 6.18 Å². The van der Waals surface area contributed by atoms with Gasteiger partial charge in [0.05, 0.1) is 5.56 Å². The van der Waals surface area contributed by atoms with E-state index in [2.05, 4.69) is 4.98 Å². The number of hydrogen-bond donors (Lipinski definition) is 2. The van der Waals surface area contributed by atoms with Crippen molar-refractivity contribution in [3.63, 3.8) is 0 Å². The molecule has 1 atom stereocenters. The third-order valence-electron chi connectivity index (χ3n) is 3.58. The fourth-order valence-electron chi connectivity index (χ4n) is 2.57. The zero-order valence-corrected chi connectivity index (χ0v) is 11.2. The van der Waals surface area contributed by atoms with E-state index in [-0.39, 0.29) is 23.3 Å². The zero-order chi connectivity index (χ0) is 14.9. The van der Waals surface area contributed by atoms with E-state index >= 15 is 0 Å². The van der Waals surface area contributed by atoms with E-state index in [0.717, 1.165) is 25.3 Å². The molecule has 1 aromatic rings. The zero-order valence-electron chi connectivity index (χ0n) is 11.2. The third-order valence-corrected chi connectivity index (χ3v) is 3.58. The summed E-state index contributed by atoms with van der Waals surface area (Å²) in [6, 6.07) is 2.26. The van der Waals surface area contributed by atoms with Gasteiger partial charge in [0.2, 0.25) is 0 Å². The van der Waals surface area contributed by atoms with Crippen LogP contribution in [0.4, 0.5) is 19.0 Å². The maximum absolute atomic E-state index is 12.8. The first-order valence-corrected chi connectivity index (χ1v) is 6.54. The van der Waals surface area contributed by atoms with Crippen molar-refractivity contribution in [1.82, 2.24) is 4.98 Å². The van der Waals surface area contributed by atoms with E-state index in [9.17, 15) is 13.2 Å². The molecule has 1 aromatic heterocycles. The molecule has 0 saturated carbocycles. The van der Waals surface area contributed by atoms with E-state index in [1.165, 1.54) is 6.07 Å². The largest absolute Gasteiger partial charge is 0.433 e. The molecule has 110 valence electrons. The van der Waals surface area contributed by atoms with Crippen LogP contribution in [0.5, 0.6) is 0 Å². The summed E-state index contributed by atoms with van der Waals surface area (Å²) in [7, 11) is 0. The van der Waals surface area contributed by atoms with Gasteiger partial charge in [0.1, 0.15) is 17.3 Å². The summed E-state index contributed by atoms with van der Waals surface area (Å²) in [5.74, 6) is -0.0837. The average Bonchev–Trinajstić information content (AvgIpc) is 2.84. The Kier molecular flexibility index (Phi) is 3.87. The number of nitrogen functional groups attached to an aromatic ring is 1. The average molecular weight is 286 g/mol. The van der Waals surface area contributed by atoms with Crippen LogP contribution in [0.15, 0.2) is 12.1 Å². The Labute approximate surface area is 115 Å². The summed E-state index contributed by atoms with van der Waals surface area (Å²) in [5, 5.41) is 7.52. The number of rotatable bonds is 3. The number of pyridine rings is 1. The maximum Gasteiger partial charge on any atom is 0.433 e. The van der Waals surface area contributed by atoms with Crippen LogP contribution in [0, 0.1) is 5.41 Å². The van der Waals surface area contributed by atoms with Gasteiger partial charge in [-0.25, -0.2) is 4.98 Å². The number of alkyl halides is 3. The SMILES string of the molecule is CCC1CCCN1c1nc(C(F)(F)F)ccc1C(=N)N. The van der Waals surface area contributed by atoms with E-state index < -0.39 is 11.9 Å². The summed E-state index contributed by atoms with van der Waals surface area (Å²) in [6.45, 7) is 2.64. The molecule has 2 heterocycles. The van der Waals surface area contributed by atoms with Gasteiger partial charge >= 0.3 is 6.18 Å². The summed E-state index contributed by atoms with van der Waals surface area (Å²) >= 11 is 0. The fourth-order valence-corrected chi connectivity index (χ4v) is 2.57. The summed E-state index contributed by atoms with van der Waals surface area (Å²) in [4.78, 5) is 5.56. The van der Waals surface area contributed by atoms with Gasteiger partial charge in [0.25, 0.3) is 0 Å². The molecule has 0 amide bonds. The van der Waals surface area contributed by atoms with Gasteiger partial charge < -0.3 is 10.6 Å². The Morgan fingerprint density at radius 1 is 1.50 bits per heavy atom. The van der Waals surface area contributed by atoms with Gasteiger partial charge in [-0.3, -0.25) is 5.41 Å². The molecule has 2 rings (SSSR count).